The van der Waals surface area contributed by atoms with Gasteiger partial charge in [-0.2, -0.15) is 4.31 Å². The number of carbonyl (C=O) groups is 2. The molecule has 0 aromatic carbocycles. The highest BCUT2D eigenvalue weighted by Gasteiger charge is 2.31. The molecule has 1 aromatic rings. The normalized spacial score (nSPS) is 22.9. The minimum atomic E-state index is -3.80. The van der Waals surface area contributed by atoms with Crippen LogP contribution in [0.4, 0.5) is 0 Å². The van der Waals surface area contributed by atoms with Gasteiger partial charge in [-0.25, -0.2) is 13.4 Å². The molecule has 0 bridgehead atoms. The number of carbonyl (C=O) groups excluding carboxylic acids is 2. The number of imidazole rings is 1. The fraction of sp³-hybridized carbons (Fsp3) is 0.762. The van der Waals surface area contributed by atoms with Gasteiger partial charge in [-0.05, 0) is 38.0 Å². The van der Waals surface area contributed by atoms with Gasteiger partial charge in [-0.1, -0.05) is 0 Å². The molecule has 1 N–H and O–H groups in total. The summed E-state index contributed by atoms with van der Waals surface area (Å²) in [6.45, 7) is 2.93. The zero-order valence-corrected chi connectivity index (χ0v) is 19.8. The number of aromatic nitrogens is 2. The van der Waals surface area contributed by atoms with E-state index in [1.165, 1.54) is 16.8 Å². The van der Waals surface area contributed by atoms with E-state index in [0.717, 1.165) is 32.5 Å². The number of aryl methyl sites for hydroxylation is 1. The van der Waals surface area contributed by atoms with Crippen LogP contribution < -0.4 is 5.32 Å². The van der Waals surface area contributed by atoms with E-state index in [1.54, 1.807) is 18.7 Å². The van der Waals surface area contributed by atoms with Gasteiger partial charge in [0.2, 0.25) is 11.8 Å². The minimum Gasteiger partial charge on any atom is -0.384 e. The fourth-order valence-electron chi connectivity index (χ4n) is 4.43. The zero-order chi connectivity index (χ0) is 23.1. The van der Waals surface area contributed by atoms with Crippen LogP contribution in [0.5, 0.6) is 0 Å². The van der Waals surface area contributed by atoms with Crippen LogP contribution in [-0.2, 0) is 31.4 Å². The summed E-state index contributed by atoms with van der Waals surface area (Å²) in [6.07, 6.45) is 6.54. The maximum absolute atomic E-state index is 13.2. The third kappa shape index (κ3) is 6.29. The van der Waals surface area contributed by atoms with E-state index in [2.05, 4.69) is 10.3 Å². The lowest BCUT2D eigenvalue weighted by Crippen LogP contribution is -2.43. The largest absolute Gasteiger partial charge is 0.384 e. The molecule has 3 rings (SSSR count). The monoisotopic (exact) mass is 469 g/mol. The van der Waals surface area contributed by atoms with Crippen LogP contribution in [0.15, 0.2) is 17.6 Å². The molecule has 180 valence electrons. The topological polar surface area (TPSA) is 114 Å². The molecule has 3 heterocycles. The molecule has 2 fully saturated rings. The smallest absolute Gasteiger partial charge is 0.262 e. The first kappa shape index (κ1) is 24.7. The Morgan fingerprint density at radius 1 is 1.19 bits per heavy atom. The Morgan fingerprint density at radius 3 is 2.59 bits per heavy atom. The summed E-state index contributed by atoms with van der Waals surface area (Å²) in [5.74, 6) is 0.154. The van der Waals surface area contributed by atoms with Crippen molar-refractivity contribution in [2.75, 3.05) is 46.4 Å². The predicted octanol–water partition coefficient (Wildman–Crippen LogP) is 0.602. The quantitative estimate of drug-likeness (QED) is 0.676. The number of sulfonamides is 1. The maximum Gasteiger partial charge on any atom is 0.262 e. The summed E-state index contributed by atoms with van der Waals surface area (Å²) in [7, 11) is -0.391. The molecule has 10 nitrogen and oxygen atoms in total. The lowest BCUT2D eigenvalue weighted by molar-refractivity contribution is -0.138. The van der Waals surface area contributed by atoms with Gasteiger partial charge in [-0.15, -0.1) is 0 Å². The Morgan fingerprint density at radius 2 is 1.94 bits per heavy atom. The van der Waals surface area contributed by atoms with Crippen LogP contribution in [0.3, 0.4) is 0 Å². The first-order chi connectivity index (χ1) is 15.3. The van der Waals surface area contributed by atoms with E-state index in [4.69, 9.17) is 4.74 Å². The standard InChI is InChI=1S/C21H35N5O5S/c1-24-14-20(23-16-24)32(29,30)26-10-3-4-18(5-9-22-19(27)8-13-26)21(28)25-11-6-17(7-12-25)15-31-2/h14,16-18H,3-13,15H2,1-2H3,(H,22,27). The third-order valence-electron chi connectivity index (χ3n) is 6.33. The molecule has 32 heavy (non-hydrogen) atoms. The van der Waals surface area contributed by atoms with Gasteiger partial charge in [0.05, 0.1) is 6.33 Å². The van der Waals surface area contributed by atoms with E-state index < -0.39 is 10.0 Å². The first-order valence-corrected chi connectivity index (χ1v) is 12.8. The highest BCUT2D eigenvalue weighted by Crippen LogP contribution is 2.23. The highest BCUT2D eigenvalue weighted by molar-refractivity contribution is 7.89. The molecule has 0 aliphatic carbocycles. The predicted molar refractivity (Wildman–Crippen MR) is 118 cm³/mol. The Hall–Kier alpha value is -1.98. The Kier molecular flexibility index (Phi) is 8.66. The van der Waals surface area contributed by atoms with Crippen molar-refractivity contribution < 1.29 is 22.7 Å². The molecule has 2 aliphatic rings. The molecular formula is C21H35N5O5S. The van der Waals surface area contributed by atoms with Crippen molar-refractivity contribution in [2.45, 2.75) is 43.6 Å². The van der Waals surface area contributed by atoms with Crippen LogP contribution in [0.1, 0.15) is 38.5 Å². The van der Waals surface area contributed by atoms with Crippen molar-refractivity contribution in [3.8, 4) is 0 Å². The Bertz CT molecular complexity index is 879. The minimum absolute atomic E-state index is 0.0261. The van der Waals surface area contributed by atoms with E-state index in [0.29, 0.717) is 31.7 Å². The van der Waals surface area contributed by atoms with E-state index >= 15 is 0 Å². The molecule has 2 aliphatic heterocycles. The molecule has 1 atom stereocenters. The van der Waals surface area contributed by atoms with Crippen LogP contribution in [0.2, 0.25) is 0 Å². The Labute approximate surface area is 190 Å². The SMILES string of the molecule is COCC1CCN(C(=O)C2CCCN(S(=O)(=O)c3cn(C)cn3)CCC(=O)NCC2)CC1. The number of likely N-dealkylation sites (tertiary alicyclic amines) is 1. The lowest BCUT2D eigenvalue weighted by Gasteiger charge is -2.34. The van der Waals surface area contributed by atoms with Gasteiger partial charge in [-0.3, -0.25) is 9.59 Å². The van der Waals surface area contributed by atoms with E-state index in [-0.39, 0.29) is 42.3 Å². The number of rotatable bonds is 5. The second-order valence-corrected chi connectivity index (χ2v) is 10.6. The summed E-state index contributed by atoms with van der Waals surface area (Å²) in [6, 6.07) is 0. The maximum atomic E-state index is 13.2. The van der Waals surface area contributed by atoms with E-state index in [9.17, 15) is 18.0 Å². The number of piperidine rings is 1. The Balaban J connectivity index is 1.66. The summed E-state index contributed by atoms with van der Waals surface area (Å²) < 4.78 is 34.2. The van der Waals surface area contributed by atoms with Crippen LogP contribution in [0, 0.1) is 11.8 Å². The van der Waals surface area contributed by atoms with Crippen molar-refractivity contribution in [1.82, 2.24) is 24.1 Å². The second kappa shape index (κ2) is 11.2. The molecule has 0 spiro atoms. The van der Waals surface area contributed by atoms with Gasteiger partial charge in [0, 0.05) is 72.0 Å². The lowest BCUT2D eigenvalue weighted by atomic mass is 9.93. The molecular weight excluding hydrogens is 434 g/mol. The number of ether oxygens (including phenoxy) is 1. The molecule has 11 heteroatoms. The third-order valence-corrected chi connectivity index (χ3v) is 8.11. The van der Waals surface area contributed by atoms with Crippen molar-refractivity contribution in [2.24, 2.45) is 18.9 Å². The number of hydrogen-bond acceptors (Lipinski definition) is 6. The second-order valence-electron chi connectivity index (χ2n) is 8.73. The number of hydrogen-bond donors (Lipinski definition) is 1. The molecule has 1 aromatic heterocycles. The average molecular weight is 470 g/mol. The summed E-state index contributed by atoms with van der Waals surface area (Å²) >= 11 is 0. The van der Waals surface area contributed by atoms with Gasteiger partial charge >= 0.3 is 0 Å². The van der Waals surface area contributed by atoms with E-state index in [1.807, 2.05) is 4.90 Å². The van der Waals surface area contributed by atoms with Crippen LogP contribution in [-0.4, -0.2) is 85.4 Å². The summed E-state index contributed by atoms with van der Waals surface area (Å²) in [4.78, 5) is 31.3. The van der Waals surface area contributed by atoms with Gasteiger partial charge < -0.3 is 19.5 Å². The number of methoxy groups -OCH3 is 1. The van der Waals surface area contributed by atoms with Crippen molar-refractivity contribution in [3.05, 3.63) is 12.5 Å². The molecule has 2 saturated heterocycles. The summed E-state index contributed by atoms with van der Waals surface area (Å²) in [5, 5.41) is 2.81. The van der Waals surface area contributed by atoms with Gasteiger partial charge in [0.1, 0.15) is 0 Å². The summed E-state index contributed by atoms with van der Waals surface area (Å²) in [5.41, 5.74) is 0. The fourth-order valence-corrected chi connectivity index (χ4v) is 5.87. The average Bonchev–Trinajstić information content (AvgIpc) is 3.20. The van der Waals surface area contributed by atoms with Crippen molar-refractivity contribution in [1.29, 1.82) is 0 Å². The number of nitrogens with zero attached hydrogens (tertiary/aromatic N) is 4. The number of amides is 2. The van der Waals surface area contributed by atoms with Crippen molar-refractivity contribution >= 4 is 21.8 Å². The molecule has 2 amide bonds. The van der Waals surface area contributed by atoms with Crippen LogP contribution >= 0.6 is 0 Å². The van der Waals surface area contributed by atoms with Gasteiger partial charge in [0.25, 0.3) is 10.0 Å². The molecule has 0 radical (unpaired) electrons. The van der Waals surface area contributed by atoms with Crippen molar-refractivity contribution in [3.63, 3.8) is 0 Å². The zero-order valence-electron chi connectivity index (χ0n) is 19.0. The van der Waals surface area contributed by atoms with Gasteiger partial charge in [0.15, 0.2) is 5.03 Å². The first-order valence-electron chi connectivity index (χ1n) is 11.3. The highest BCUT2D eigenvalue weighted by atomic mass is 32.2. The molecule has 0 saturated carbocycles. The van der Waals surface area contributed by atoms with Crippen LogP contribution in [0.25, 0.3) is 0 Å². The number of nitrogens with one attached hydrogen (secondary N) is 1. The molecule has 1 unspecified atom stereocenters.